The lowest BCUT2D eigenvalue weighted by atomic mass is 10.1. The maximum absolute atomic E-state index is 11.5. The Hall–Kier alpha value is -1.69. The van der Waals surface area contributed by atoms with Crippen LogP contribution in [0, 0.1) is 0 Å². The maximum atomic E-state index is 11.5. The maximum Gasteiger partial charge on any atom is 0.379 e. The number of hydrogen-bond donors (Lipinski definition) is 0. The summed E-state index contributed by atoms with van der Waals surface area (Å²) in [6.07, 6.45) is 1.13. The number of rotatable bonds is 5. The zero-order valence-electron chi connectivity index (χ0n) is 10.2. The molecule has 1 aromatic carbocycles. The molecule has 0 bridgehead atoms. The van der Waals surface area contributed by atoms with Crippen molar-refractivity contribution in [3.63, 3.8) is 0 Å². The van der Waals surface area contributed by atoms with E-state index < -0.39 is 21.6 Å². The van der Waals surface area contributed by atoms with Gasteiger partial charge in [0.05, 0.1) is 12.4 Å². The summed E-state index contributed by atoms with van der Waals surface area (Å²) in [5.74, 6) is -1.74. The Balaban J connectivity index is 2.83. The van der Waals surface area contributed by atoms with E-state index in [4.69, 9.17) is 0 Å². The molecule has 0 aromatic heterocycles. The number of ether oxygens (including phenoxy) is 1. The van der Waals surface area contributed by atoms with E-state index in [9.17, 15) is 18.0 Å². The number of ketones is 1. The van der Waals surface area contributed by atoms with Crippen LogP contribution in [0.15, 0.2) is 24.3 Å². The molecule has 0 amide bonds. The number of sulfone groups is 1. The monoisotopic (exact) mass is 270 g/mol. The van der Waals surface area contributed by atoms with Crippen LogP contribution in [0.3, 0.4) is 0 Å². The molecular weight excluding hydrogens is 256 g/mol. The second-order valence-corrected chi connectivity index (χ2v) is 5.96. The summed E-state index contributed by atoms with van der Waals surface area (Å²) >= 11 is 0. The first kappa shape index (κ1) is 14.4. The Kier molecular flexibility index (Phi) is 4.61. The first-order valence-corrected chi connectivity index (χ1v) is 7.37. The van der Waals surface area contributed by atoms with Crippen LogP contribution in [0.5, 0.6) is 0 Å². The van der Waals surface area contributed by atoms with Crippen molar-refractivity contribution in [1.29, 1.82) is 0 Å². The van der Waals surface area contributed by atoms with E-state index in [-0.39, 0.29) is 17.9 Å². The van der Waals surface area contributed by atoms with Crippen molar-refractivity contribution in [3.05, 3.63) is 35.4 Å². The van der Waals surface area contributed by atoms with Crippen LogP contribution in [0.2, 0.25) is 0 Å². The van der Waals surface area contributed by atoms with Gasteiger partial charge in [-0.2, -0.15) is 0 Å². The van der Waals surface area contributed by atoms with Gasteiger partial charge in [-0.15, -0.1) is 0 Å². The second kappa shape index (κ2) is 5.77. The van der Waals surface area contributed by atoms with E-state index in [0.717, 1.165) is 6.26 Å². The predicted molar refractivity (Wildman–Crippen MR) is 66.0 cm³/mol. The van der Waals surface area contributed by atoms with Crippen LogP contribution in [-0.2, 0) is 25.1 Å². The minimum atomic E-state index is -3.11. The van der Waals surface area contributed by atoms with Gasteiger partial charge < -0.3 is 4.74 Å². The fraction of sp³-hybridized carbons (Fsp3) is 0.333. The average Bonchev–Trinajstić information content (AvgIpc) is 2.27. The highest BCUT2D eigenvalue weighted by Crippen LogP contribution is 2.09. The molecule has 0 fully saturated rings. The molecule has 0 saturated carbocycles. The molecule has 98 valence electrons. The van der Waals surface area contributed by atoms with Crippen LogP contribution in [-0.4, -0.2) is 33.0 Å². The first-order chi connectivity index (χ1) is 8.33. The smallest absolute Gasteiger partial charge is 0.379 e. The van der Waals surface area contributed by atoms with Crippen LogP contribution < -0.4 is 0 Å². The molecule has 0 spiro atoms. The third-order valence-corrected chi connectivity index (χ3v) is 2.96. The Labute approximate surface area is 106 Å². The summed E-state index contributed by atoms with van der Waals surface area (Å²) in [6, 6.07) is 5.85. The molecule has 0 aliphatic rings. The van der Waals surface area contributed by atoms with Crippen LogP contribution in [0.25, 0.3) is 0 Å². The predicted octanol–water partition coefficient (Wildman–Crippen LogP) is 0.977. The minimum Gasteiger partial charge on any atom is -0.460 e. The lowest BCUT2D eigenvalue weighted by Crippen LogP contribution is -2.17. The van der Waals surface area contributed by atoms with Gasteiger partial charge in [-0.25, -0.2) is 13.2 Å². The lowest BCUT2D eigenvalue weighted by molar-refractivity contribution is -0.137. The SMILES string of the molecule is CCOC(=O)C(=O)c1ccc(CS(C)(=O)=O)cc1. The van der Waals surface area contributed by atoms with Crippen molar-refractivity contribution in [2.24, 2.45) is 0 Å². The van der Waals surface area contributed by atoms with E-state index in [0.29, 0.717) is 5.56 Å². The number of Topliss-reactive ketones (excluding diaryl/α,β-unsaturated/α-hetero) is 1. The molecule has 1 rings (SSSR count). The van der Waals surface area contributed by atoms with Gasteiger partial charge in [0.1, 0.15) is 0 Å². The van der Waals surface area contributed by atoms with E-state index in [1.165, 1.54) is 24.3 Å². The minimum absolute atomic E-state index is 0.0964. The fourth-order valence-corrected chi connectivity index (χ4v) is 2.17. The summed E-state index contributed by atoms with van der Waals surface area (Å²) < 4.78 is 26.7. The van der Waals surface area contributed by atoms with E-state index in [1.807, 2.05) is 0 Å². The van der Waals surface area contributed by atoms with Crippen molar-refractivity contribution in [3.8, 4) is 0 Å². The van der Waals surface area contributed by atoms with Gasteiger partial charge in [0, 0.05) is 11.8 Å². The number of esters is 1. The summed E-state index contributed by atoms with van der Waals surface area (Å²) in [5.41, 5.74) is 0.753. The molecule has 0 unspecified atom stereocenters. The third kappa shape index (κ3) is 4.29. The normalized spacial score (nSPS) is 11.0. The quantitative estimate of drug-likeness (QED) is 0.453. The zero-order valence-corrected chi connectivity index (χ0v) is 11.0. The average molecular weight is 270 g/mol. The molecule has 0 heterocycles. The van der Waals surface area contributed by atoms with Crippen molar-refractivity contribution >= 4 is 21.6 Å². The number of carbonyl (C=O) groups is 2. The molecular formula is C12H14O5S. The molecule has 5 nitrogen and oxygen atoms in total. The fourth-order valence-electron chi connectivity index (χ4n) is 1.37. The summed E-state index contributed by atoms with van der Waals surface area (Å²) in [6.45, 7) is 1.75. The summed E-state index contributed by atoms with van der Waals surface area (Å²) in [5, 5.41) is 0. The van der Waals surface area contributed by atoms with Crippen molar-refractivity contribution in [2.75, 3.05) is 12.9 Å². The van der Waals surface area contributed by atoms with Gasteiger partial charge in [-0.05, 0) is 12.5 Å². The van der Waals surface area contributed by atoms with E-state index in [2.05, 4.69) is 4.74 Å². The molecule has 0 aliphatic heterocycles. The molecule has 18 heavy (non-hydrogen) atoms. The number of benzene rings is 1. The van der Waals surface area contributed by atoms with Gasteiger partial charge in [0.25, 0.3) is 5.78 Å². The number of carbonyl (C=O) groups excluding carboxylic acids is 2. The van der Waals surface area contributed by atoms with Gasteiger partial charge in [0.2, 0.25) is 0 Å². The van der Waals surface area contributed by atoms with Gasteiger partial charge in [-0.3, -0.25) is 4.79 Å². The van der Waals surface area contributed by atoms with Crippen molar-refractivity contribution < 1.29 is 22.7 Å². The second-order valence-electron chi connectivity index (χ2n) is 3.82. The van der Waals surface area contributed by atoms with E-state index >= 15 is 0 Å². The molecule has 0 aliphatic carbocycles. The zero-order chi connectivity index (χ0) is 13.8. The Morgan fingerprint density at radius 3 is 2.17 bits per heavy atom. The molecule has 0 N–H and O–H groups in total. The highest BCUT2D eigenvalue weighted by molar-refractivity contribution is 7.89. The van der Waals surface area contributed by atoms with Crippen molar-refractivity contribution in [1.82, 2.24) is 0 Å². The van der Waals surface area contributed by atoms with Crippen LogP contribution in [0.1, 0.15) is 22.8 Å². The van der Waals surface area contributed by atoms with Crippen LogP contribution in [0.4, 0.5) is 0 Å². The number of hydrogen-bond acceptors (Lipinski definition) is 5. The highest BCUT2D eigenvalue weighted by Gasteiger charge is 2.17. The van der Waals surface area contributed by atoms with Crippen LogP contribution >= 0.6 is 0 Å². The summed E-state index contributed by atoms with van der Waals surface area (Å²) in [4.78, 5) is 22.7. The molecule has 0 radical (unpaired) electrons. The highest BCUT2D eigenvalue weighted by atomic mass is 32.2. The lowest BCUT2D eigenvalue weighted by Gasteiger charge is -2.03. The standard InChI is InChI=1S/C12H14O5S/c1-3-17-12(14)11(13)10-6-4-9(5-7-10)8-18(2,15)16/h4-7H,3,8H2,1-2H3. The Bertz CT molecular complexity index is 542. The Morgan fingerprint density at radius 1 is 1.17 bits per heavy atom. The molecule has 1 aromatic rings. The van der Waals surface area contributed by atoms with Gasteiger partial charge in [-0.1, -0.05) is 24.3 Å². The largest absolute Gasteiger partial charge is 0.460 e. The molecule has 0 saturated heterocycles. The van der Waals surface area contributed by atoms with Gasteiger partial charge >= 0.3 is 5.97 Å². The first-order valence-electron chi connectivity index (χ1n) is 5.31. The topological polar surface area (TPSA) is 77.5 Å². The molecule has 0 atom stereocenters. The van der Waals surface area contributed by atoms with Gasteiger partial charge in [0.15, 0.2) is 9.84 Å². The Morgan fingerprint density at radius 2 is 1.72 bits per heavy atom. The summed E-state index contributed by atoms with van der Waals surface area (Å²) in [7, 11) is -3.11. The van der Waals surface area contributed by atoms with E-state index in [1.54, 1.807) is 6.92 Å². The third-order valence-electron chi connectivity index (χ3n) is 2.11. The molecule has 6 heteroatoms. The van der Waals surface area contributed by atoms with Crippen molar-refractivity contribution in [2.45, 2.75) is 12.7 Å².